The van der Waals surface area contributed by atoms with Crippen LogP contribution in [0.4, 0.5) is 5.69 Å². The number of nitrogens with zero attached hydrogens (tertiary/aromatic N) is 2. The van der Waals surface area contributed by atoms with Gasteiger partial charge in [0.1, 0.15) is 5.75 Å². The minimum Gasteiger partial charge on any atom is -0.484 e. The SMILES string of the molecule is CCCOC(=O)c1cccc(NC(=O)CSc2nnc(COc3ccccc3)o2)c1. The van der Waals surface area contributed by atoms with E-state index in [0.29, 0.717) is 29.5 Å². The van der Waals surface area contributed by atoms with Gasteiger partial charge in [-0.15, -0.1) is 10.2 Å². The second-order valence-corrected chi connectivity index (χ2v) is 7.04. The summed E-state index contributed by atoms with van der Waals surface area (Å²) in [6.07, 6.45) is 0.745. The molecule has 0 fully saturated rings. The maximum atomic E-state index is 12.2. The number of rotatable bonds is 10. The number of benzene rings is 2. The zero-order valence-electron chi connectivity index (χ0n) is 16.4. The molecule has 1 amide bonds. The van der Waals surface area contributed by atoms with Gasteiger partial charge in [-0.05, 0) is 36.8 Å². The third kappa shape index (κ3) is 6.63. The van der Waals surface area contributed by atoms with Crippen molar-refractivity contribution in [1.29, 1.82) is 0 Å². The van der Waals surface area contributed by atoms with E-state index in [0.717, 1.165) is 18.2 Å². The monoisotopic (exact) mass is 427 g/mol. The summed E-state index contributed by atoms with van der Waals surface area (Å²) in [6.45, 7) is 2.42. The van der Waals surface area contributed by atoms with Crippen LogP contribution in [0.5, 0.6) is 5.75 Å². The predicted octanol–water partition coefficient (Wildman–Crippen LogP) is 3.95. The van der Waals surface area contributed by atoms with Crippen molar-refractivity contribution in [3.05, 3.63) is 66.1 Å². The van der Waals surface area contributed by atoms with Crippen molar-refractivity contribution in [2.24, 2.45) is 0 Å². The topological polar surface area (TPSA) is 104 Å². The predicted molar refractivity (Wildman–Crippen MR) is 111 cm³/mol. The number of thioether (sulfide) groups is 1. The quantitative estimate of drug-likeness (QED) is 0.383. The molecule has 1 heterocycles. The minimum absolute atomic E-state index is 0.0751. The van der Waals surface area contributed by atoms with E-state index in [9.17, 15) is 9.59 Å². The van der Waals surface area contributed by atoms with Crippen molar-refractivity contribution in [3.63, 3.8) is 0 Å². The zero-order valence-corrected chi connectivity index (χ0v) is 17.2. The van der Waals surface area contributed by atoms with E-state index in [4.69, 9.17) is 13.9 Å². The second kappa shape index (κ2) is 11.0. The van der Waals surface area contributed by atoms with E-state index < -0.39 is 5.97 Å². The lowest BCUT2D eigenvalue weighted by Crippen LogP contribution is -2.14. The van der Waals surface area contributed by atoms with Crippen molar-refractivity contribution < 1.29 is 23.5 Å². The Balaban J connectivity index is 1.46. The molecule has 0 saturated heterocycles. The molecule has 0 atom stereocenters. The van der Waals surface area contributed by atoms with Crippen molar-refractivity contribution in [3.8, 4) is 5.75 Å². The molecule has 0 unspecified atom stereocenters. The maximum Gasteiger partial charge on any atom is 0.338 e. The van der Waals surface area contributed by atoms with E-state index in [2.05, 4.69) is 15.5 Å². The van der Waals surface area contributed by atoms with E-state index in [1.807, 2.05) is 37.3 Å². The Kier molecular flexibility index (Phi) is 7.85. The Morgan fingerprint density at radius 2 is 1.93 bits per heavy atom. The number of anilines is 1. The average molecular weight is 427 g/mol. The molecular weight excluding hydrogens is 406 g/mol. The number of esters is 1. The summed E-state index contributed by atoms with van der Waals surface area (Å²) in [6, 6.07) is 15.9. The van der Waals surface area contributed by atoms with Gasteiger partial charge in [-0.25, -0.2) is 4.79 Å². The van der Waals surface area contributed by atoms with Gasteiger partial charge < -0.3 is 19.2 Å². The lowest BCUT2D eigenvalue weighted by atomic mass is 10.2. The molecule has 3 rings (SSSR count). The smallest absolute Gasteiger partial charge is 0.338 e. The molecule has 3 aromatic rings. The highest BCUT2D eigenvalue weighted by Gasteiger charge is 2.12. The number of hydrogen-bond acceptors (Lipinski definition) is 8. The van der Waals surface area contributed by atoms with Crippen molar-refractivity contribution in [2.45, 2.75) is 25.2 Å². The van der Waals surface area contributed by atoms with Crippen LogP contribution in [0.15, 0.2) is 64.2 Å². The summed E-state index contributed by atoms with van der Waals surface area (Å²) in [5.41, 5.74) is 0.892. The van der Waals surface area contributed by atoms with Crippen LogP contribution >= 0.6 is 11.8 Å². The molecule has 1 N–H and O–H groups in total. The molecule has 1 aromatic heterocycles. The number of amides is 1. The summed E-state index contributed by atoms with van der Waals surface area (Å²) in [4.78, 5) is 24.1. The van der Waals surface area contributed by atoms with Crippen LogP contribution in [0, 0.1) is 0 Å². The van der Waals surface area contributed by atoms with Gasteiger partial charge in [0.2, 0.25) is 5.91 Å². The van der Waals surface area contributed by atoms with Gasteiger partial charge in [0, 0.05) is 5.69 Å². The van der Waals surface area contributed by atoms with E-state index in [1.165, 1.54) is 0 Å². The number of ether oxygens (including phenoxy) is 2. The molecule has 0 bridgehead atoms. The first kappa shape index (κ1) is 21.4. The fourth-order valence-electron chi connectivity index (χ4n) is 2.34. The molecule has 0 radical (unpaired) electrons. The summed E-state index contributed by atoms with van der Waals surface area (Å²) in [5.74, 6) is 0.411. The van der Waals surface area contributed by atoms with Gasteiger partial charge in [0.15, 0.2) is 6.61 Å². The van der Waals surface area contributed by atoms with Crippen LogP contribution in [0.3, 0.4) is 0 Å². The number of carbonyl (C=O) groups is 2. The van der Waals surface area contributed by atoms with E-state index >= 15 is 0 Å². The fraction of sp³-hybridized carbons (Fsp3) is 0.238. The molecule has 0 aliphatic heterocycles. The van der Waals surface area contributed by atoms with Crippen LogP contribution in [0.2, 0.25) is 0 Å². The van der Waals surface area contributed by atoms with Crippen molar-refractivity contribution in [2.75, 3.05) is 17.7 Å². The Labute approximate surface area is 178 Å². The molecule has 0 saturated carbocycles. The minimum atomic E-state index is -0.418. The lowest BCUT2D eigenvalue weighted by molar-refractivity contribution is -0.113. The maximum absolute atomic E-state index is 12.2. The molecule has 156 valence electrons. The number of aromatic nitrogens is 2. The lowest BCUT2D eigenvalue weighted by Gasteiger charge is -2.07. The second-order valence-electron chi connectivity index (χ2n) is 6.12. The summed E-state index contributed by atoms with van der Waals surface area (Å²) < 4.78 is 16.1. The molecule has 0 aliphatic rings. The molecule has 9 heteroatoms. The van der Waals surface area contributed by atoms with Gasteiger partial charge in [0.25, 0.3) is 11.1 Å². The van der Waals surface area contributed by atoms with Crippen LogP contribution in [0.25, 0.3) is 0 Å². The number of carbonyl (C=O) groups excluding carboxylic acids is 2. The number of nitrogens with one attached hydrogen (secondary N) is 1. The molecule has 8 nitrogen and oxygen atoms in total. The van der Waals surface area contributed by atoms with Crippen LogP contribution < -0.4 is 10.1 Å². The standard InChI is InChI=1S/C21H21N3O5S/c1-2-11-27-20(26)15-7-6-8-16(12-15)22-18(25)14-30-21-24-23-19(29-21)13-28-17-9-4-3-5-10-17/h3-10,12H,2,11,13-14H2,1H3,(H,22,25). The highest BCUT2D eigenvalue weighted by molar-refractivity contribution is 7.99. The molecular formula is C21H21N3O5S. The number of hydrogen-bond donors (Lipinski definition) is 1. The van der Waals surface area contributed by atoms with Crippen LogP contribution in [-0.4, -0.2) is 34.4 Å². The van der Waals surface area contributed by atoms with Crippen molar-refractivity contribution in [1.82, 2.24) is 10.2 Å². The van der Waals surface area contributed by atoms with Gasteiger partial charge >= 0.3 is 5.97 Å². The van der Waals surface area contributed by atoms with Crippen LogP contribution in [0.1, 0.15) is 29.6 Å². The molecule has 0 spiro atoms. The van der Waals surface area contributed by atoms with Gasteiger partial charge in [-0.2, -0.15) is 0 Å². The molecule has 0 aliphatic carbocycles. The van der Waals surface area contributed by atoms with Gasteiger partial charge in [-0.1, -0.05) is 43.0 Å². The number of para-hydroxylation sites is 1. The van der Waals surface area contributed by atoms with Crippen LogP contribution in [-0.2, 0) is 16.1 Å². The highest BCUT2D eigenvalue weighted by Crippen LogP contribution is 2.19. The first-order valence-electron chi connectivity index (χ1n) is 9.34. The Morgan fingerprint density at radius 1 is 1.10 bits per heavy atom. The third-order valence-corrected chi connectivity index (χ3v) is 4.52. The largest absolute Gasteiger partial charge is 0.484 e. The summed E-state index contributed by atoms with van der Waals surface area (Å²) in [5, 5.41) is 10.8. The normalized spacial score (nSPS) is 10.4. The molecule has 2 aromatic carbocycles. The van der Waals surface area contributed by atoms with Gasteiger partial charge in [0.05, 0.1) is 17.9 Å². The third-order valence-electron chi connectivity index (χ3n) is 3.70. The Hall–Kier alpha value is -3.33. The summed E-state index contributed by atoms with van der Waals surface area (Å²) >= 11 is 1.11. The Morgan fingerprint density at radius 3 is 2.73 bits per heavy atom. The van der Waals surface area contributed by atoms with Gasteiger partial charge in [-0.3, -0.25) is 4.79 Å². The van der Waals surface area contributed by atoms with Crippen molar-refractivity contribution >= 4 is 29.3 Å². The Bertz CT molecular complexity index is 978. The molecule has 30 heavy (non-hydrogen) atoms. The average Bonchev–Trinajstić information content (AvgIpc) is 3.23. The van der Waals surface area contributed by atoms with E-state index in [-0.39, 0.29) is 23.5 Å². The van der Waals surface area contributed by atoms with E-state index in [1.54, 1.807) is 24.3 Å². The fourth-order valence-corrected chi connectivity index (χ4v) is 2.92. The first-order chi connectivity index (χ1) is 14.6. The zero-order chi connectivity index (χ0) is 21.2. The highest BCUT2D eigenvalue weighted by atomic mass is 32.2. The summed E-state index contributed by atoms with van der Waals surface area (Å²) in [7, 11) is 0. The first-order valence-corrected chi connectivity index (χ1v) is 10.3.